The standard InChI is InChI=1S/C13H19NO2S/c15-13(16)12-4-2-1-3-11(12)8-14-7-10-5-6-17-9-10/h5-6,9,11-12,14H,1-4,7-8H2,(H,15,16). The molecule has 0 aliphatic heterocycles. The smallest absolute Gasteiger partial charge is 0.306 e. The van der Waals surface area contributed by atoms with Gasteiger partial charge in [-0.3, -0.25) is 4.79 Å². The number of hydrogen-bond acceptors (Lipinski definition) is 3. The Morgan fingerprint density at radius 2 is 2.29 bits per heavy atom. The summed E-state index contributed by atoms with van der Waals surface area (Å²) < 4.78 is 0. The van der Waals surface area contributed by atoms with Gasteiger partial charge in [-0.1, -0.05) is 12.8 Å². The van der Waals surface area contributed by atoms with E-state index in [1.54, 1.807) is 11.3 Å². The Kier molecular flexibility index (Phi) is 4.57. The molecule has 2 rings (SSSR count). The van der Waals surface area contributed by atoms with E-state index in [1.165, 1.54) is 12.0 Å². The van der Waals surface area contributed by atoms with Crippen molar-refractivity contribution < 1.29 is 9.90 Å². The van der Waals surface area contributed by atoms with Crippen LogP contribution in [0, 0.1) is 11.8 Å². The van der Waals surface area contributed by atoms with E-state index in [0.29, 0.717) is 5.92 Å². The van der Waals surface area contributed by atoms with Crippen LogP contribution < -0.4 is 5.32 Å². The van der Waals surface area contributed by atoms with E-state index in [4.69, 9.17) is 5.11 Å². The van der Waals surface area contributed by atoms with Crippen molar-refractivity contribution in [2.24, 2.45) is 11.8 Å². The Bertz CT molecular complexity index is 350. The molecule has 0 bridgehead atoms. The first kappa shape index (κ1) is 12.6. The van der Waals surface area contributed by atoms with E-state index >= 15 is 0 Å². The SMILES string of the molecule is O=C(O)C1CCCCC1CNCc1ccsc1. The highest BCUT2D eigenvalue weighted by molar-refractivity contribution is 7.07. The van der Waals surface area contributed by atoms with E-state index in [0.717, 1.165) is 32.4 Å². The molecule has 1 aromatic rings. The zero-order chi connectivity index (χ0) is 12.1. The number of thiophene rings is 1. The maximum Gasteiger partial charge on any atom is 0.306 e. The molecular weight excluding hydrogens is 234 g/mol. The summed E-state index contributed by atoms with van der Waals surface area (Å²) in [6, 6.07) is 2.10. The Morgan fingerprint density at radius 3 is 3.00 bits per heavy atom. The first-order valence-electron chi connectivity index (χ1n) is 6.22. The number of carboxylic acid groups (broad SMARTS) is 1. The van der Waals surface area contributed by atoms with Crippen LogP contribution in [0.5, 0.6) is 0 Å². The molecule has 2 N–H and O–H groups in total. The molecule has 0 aromatic carbocycles. The molecule has 0 saturated heterocycles. The van der Waals surface area contributed by atoms with Crippen LogP contribution >= 0.6 is 11.3 Å². The van der Waals surface area contributed by atoms with Crippen molar-refractivity contribution in [2.45, 2.75) is 32.2 Å². The number of rotatable bonds is 5. The predicted octanol–water partition coefficient (Wildman–Crippen LogP) is 2.73. The summed E-state index contributed by atoms with van der Waals surface area (Å²) in [6.45, 7) is 1.68. The molecule has 2 unspecified atom stereocenters. The molecule has 3 nitrogen and oxygen atoms in total. The van der Waals surface area contributed by atoms with Gasteiger partial charge < -0.3 is 10.4 Å². The van der Waals surface area contributed by atoms with E-state index < -0.39 is 5.97 Å². The van der Waals surface area contributed by atoms with E-state index in [-0.39, 0.29) is 5.92 Å². The van der Waals surface area contributed by atoms with Gasteiger partial charge in [0.1, 0.15) is 0 Å². The lowest BCUT2D eigenvalue weighted by Crippen LogP contribution is -2.34. The minimum Gasteiger partial charge on any atom is -0.481 e. The Hall–Kier alpha value is -0.870. The van der Waals surface area contributed by atoms with Crippen LogP contribution in [-0.2, 0) is 11.3 Å². The van der Waals surface area contributed by atoms with Crippen molar-refractivity contribution in [3.05, 3.63) is 22.4 Å². The summed E-state index contributed by atoms with van der Waals surface area (Å²) in [7, 11) is 0. The molecule has 1 aliphatic rings. The number of nitrogens with one attached hydrogen (secondary N) is 1. The van der Waals surface area contributed by atoms with Crippen LogP contribution in [0.1, 0.15) is 31.2 Å². The number of carboxylic acids is 1. The topological polar surface area (TPSA) is 49.3 Å². The van der Waals surface area contributed by atoms with Crippen LogP contribution in [0.25, 0.3) is 0 Å². The molecule has 1 heterocycles. The zero-order valence-electron chi connectivity index (χ0n) is 9.89. The van der Waals surface area contributed by atoms with Gasteiger partial charge in [0.2, 0.25) is 0 Å². The molecule has 17 heavy (non-hydrogen) atoms. The van der Waals surface area contributed by atoms with Crippen LogP contribution in [0.15, 0.2) is 16.8 Å². The second-order valence-electron chi connectivity index (χ2n) is 4.75. The molecule has 1 aliphatic carbocycles. The molecule has 0 amide bonds. The lowest BCUT2D eigenvalue weighted by molar-refractivity contribution is -0.144. The van der Waals surface area contributed by atoms with Crippen molar-refractivity contribution in [3.8, 4) is 0 Å². The Balaban J connectivity index is 1.78. The van der Waals surface area contributed by atoms with E-state index in [2.05, 4.69) is 22.1 Å². The average molecular weight is 253 g/mol. The molecule has 2 atom stereocenters. The summed E-state index contributed by atoms with van der Waals surface area (Å²) in [6.07, 6.45) is 4.14. The lowest BCUT2D eigenvalue weighted by Gasteiger charge is -2.28. The van der Waals surface area contributed by atoms with Crippen LogP contribution in [0.2, 0.25) is 0 Å². The van der Waals surface area contributed by atoms with E-state index in [9.17, 15) is 4.79 Å². The molecule has 4 heteroatoms. The number of aliphatic carboxylic acids is 1. The van der Waals surface area contributed by atoms with Crippen LogP contribution in [0.3, 0.4) is 0 Å². The second-order valence-corrected chi connectivity index (χ2v) is 5.53. The molecule has 0 spiro atoms. The summed E-state index contributed by atoms with van der Waals surface area (Å²) >= 11 is 1.70. The third kappa shape index (κ3) is 3.54. The summed E-state index contributed by atoms with van der Waals surface area (Å²) in [4.78, 5) is 11.1. The second kappa shape index (κ2) is 6.17. The zero-order valence-corrected chi connectivity index (χ0v) is 10.7. The Morgan fingerprint density at radius 1 is 1.47 bits per heavy atom. The largest absolute Gasteiger partial charge is 0.481 e. The molecule has 1 aromatic heterocycles. The highest BCUT2D eigenvalue weighted by Gasteiger charge is 2.30. The maximum absolute atomic E-state index is 11.1. The third-order valence-corrected chi connectivity index (χ3v) is 4.27. The van der Waals surface area contributed by atoms with Crippen molar-refractivity contribution in [3.63, 3.8) is 0 Å². The van der Waals surface area contributed by atoms with Gasteiger partial charge in [0, 0.05) is 6.54 Å². The molecule has 94 valence electrons. The van der Waals surface area contributed by atoms with Crippen molar-refractivity contribution in [2.75, 3.05) is 6.54 Å². The van der Waals surface area contributed by atoms with Gasteiger partial charge in [0.05, 0.1) is 5.92 Å². The number of hydrogen-bond donors (Lipinski definition) is 2. The highest BCUT2D eigenvalue weighted by Crippen LogP contribution is 2.29. The minimum atomic E-state index is -0.618. The summed E-state index contributed by atoms with van der Waals surface area (Å²) in [5, 5.41) is 16.7. The maximum atomic E-state index is 11.1. The predicted molar refractivity (Wildman–Crippen MR) is 69.1 cm³/mol. The van der Waals surface area contributed by atoms with Crippen molar-refractivity contribution >= 4 is 17.3 Å². The summed E-state index contributed by atoms with van der Waals surface area (Å²) in [5.41, 5.74) is 1.29. The van der Waals surface area contributed by atoms with Gasteiger partial charge in [-0.25, -0.2) is 0 Å². The van der Waals surface area contributed by atoms with Crippen LogP contribution in [0.4, 0.5) is 0 Å². The van der Waals surface area contributed by atoms with Gasteiger partial charge >= 0.3 is 5.97 Å². The van der Waals surface area contributed by atoms with Crippen LogP contribution in [-0.4, -0.2) is 17.6 Å². The van der Waals surface area contributed by atoms with Gasteiger partial charge in [-0.15, -0.1) is 0 Å². The molecular formula is C13H19NO2S. The number of carbonyl (C=O) groups is 1. The fourth-order valence-electron chi connectivity index (χ4n) is 2.57. The fourth-order valence-corrected chi connectivity index (χ4v) is 3.24. The summed E-state index contributed by atoms with van der Waals surface area (Å²) in [5.74, 6) is -0.453. The molecule has 0 radical (unpaired) electrons. The van der Waals surface area contributed by atoms with Gasteiger partial charge in [0.15, 0.2) is 0 Å². The Labute approximate surface area is 106 Å². The van der Waals surface area contributed by atoms with Gasteiger partial charge in [-0.05, 0) is 47.7 Å². The molecule has 1 fully saturated rings. The van der Waals surface area contributed by atoms with Crippen molar-refractivity contribution in [1.29, 1.82) is 0 Å². The van der Waals surface area contributed by atoms with Crippen molar-refractivity contribution in [1.82, 2.24) is 5.32 Å². The highest BCUT2D eigenvalue weighted by atomic mass is 32.1. The average Bonchev–Trinajstić information content (AvgIpc) is 2.82. The minimum absolute atomic E-state index is 0.140. The fraction of sp³-hybridized carbons (Fsp3) is 0.615. The first-order chi connectivity index (χ1) is 8.27. The quantitative estimate of drug-likeness (QED) is 0.848. The van der Waals surface area contributed by atoms with Gasteiger partial charge in [-0.2, -0.15) is 11.3 Å². The van der Waals surface area contributed by atoms with E-state index in [1.807, 2.05) is 0 Å². The normalized spacial score (nSPS) is 24.7. The first-order valence-corrected chi connectivity index (χ1v) is 7.16. The monoisotopic (exact) mass is 253 g/mol. The lowest BCUT2D eigenvalue weighted by atomic mass is 9.79. The van der Waals surface area contributed by atoms with Gasteiger partial charge in [0.25, 0.3) is 0 Å². The molecule has 1 saturated carbocycles. The third-order valence-electron chi connectivity index (χ3n) is 3.54.